The summed E-state index contributed by atoms with van der Waals surface area (Å²) in [7, 11) is 0. The van der Waals surface area contributed by atoms with Crippen molar-refractivity contribution in [3.05, 3.63) is 60.2 Å². The number of nitrogens with zero attached hydrogens (tertiary/aromatic N) is 3. The Labute approximate surface area is 168 Å². The van der Waals surface area contributed by atoms with Gasteiger partial charge in [0.2, 0.25) is 11.8 Å². The van der Waals surface area contributed by atoms with Crippen LogP contribution in [0, 0.1) is 5.82 Å². The fourth-order valence-corrected chi connectivity index (χ4v) is 3.69. The van der Waals surface area contributed by atoms with Crippen molar-refractivity contribution in [1.82, 2.24) is 14.8 Å². The summed E-state index contributed by atoms with van der Waals surface area (Å²) in [6.45, 7) is 3.88. The molecule has 0 aliphatic carbocycles. The lowest BCUT2D eigenvalue weighted by molar-refractivity contribution is -0.130. The predicted molar refractivity (Wildman–Crippen MR) is 108 cm³/mol. The van der Waals surface area contributed by atoms with Crippen molar-refractivity contribution in [3.8, 4) is 0 Å². The molecule has 2 heterocycles. The maximum absolute atomic E-state index is 13.5. The summed E-state index contributed by atoms with van der Waals surface area (Å²) >= 11 is 1.25. The topological polar surface area (TPSA) is 65.5 Å². The van der Waals surface area contributed by atoms with Crippen molar-refractivity contribution in [1.29, 1.82) is 0 Å². The number of benzene rings is 1. The maximum atomic E-state index is 13.5. The van der Waals surface area contributed by atoms with Gasteiger partial charge < -0.3 is 10.2 Å². The average molecular weight is 402 g/mol. The van der Waals surface area contributed by atoms with Gasteiger partial charge in [-0.2, -0.15) is 0 Å². The number of rotatable bonds is 7. The van der Waals surface area contributed by atoms with Gasteiger partial charge in [0, 0.05) is 45.1 Å². The molecule has 1 aliphatic rings. The summed E-state index contributed by atoms with van der Waals surface area (Å²) in [4.78, 5) is 32.4. The van der Waals surface area contributed by atoms with E-state index in [1.807, 2.05) is 17.0 Å². The lowest BCUT2D eigenvalue weighted by Gasteiger charge is -2.34. The number of thioether (sulfide) groups is 1. The van der Waals surface area contributed by atoms with Gasteiger partial charge in [-0.3, -0.25) is 19.5 Å². The number of carbonyl (C=O) groups excluding carboxylic acids is 2. The molecule has 0 atom stereocenters. The van der Waals surface area contributed by atoms with Crippen LogP contribution in [-0.4, -0.2) is 64.3 Å². The maximum Gasteiger partial charge on any atom is 0.234 e. The van der Waals surface area contributed by atoms with Crippen LogP contribution in [0.1, 0.15) is 5.56 Å². The minimum Gasteiger partial charge on any atom is -0.339 e. The van der Waals surface area contributed by atoms with E-state index >= 15 is 0 Å². The van der Waals surface area contributed by atoms with Crippen molar-refractivity contribution < 1.29 is 14.0 Å². The second-order valence-corrected chi connectivity index (χ2v) is 7.52. The normalized spacial score (nSPS) is 14.7. The van der Waals surface area contributed by atoms with E-state index in [4.69, 9.17) is 0 Å². The molecule has 3 rings (SSSR count). The van der Waals surface area contributed by atoms with Crippen LogP contribution in [0.5, 0.6) is 0 Å². The highest BCUT2D eigenvalue weighted by molar-refractivity contribution is 8.00. The molecule has 0 saturated carbocycles. The van der Waals surface area contributed by atoms with Gasteiger partial charge in [-0.15, -0.1) is 11.8 Å². The number of aromatic nitrogens is 1. The quantitative estimate of drug-likeness (QED) is 0.770. The van der Waals surface area contributed by atoms with E-state index in [-0.39, 0.29) is 29.0 Å². The van der Waals surface area contributed by atoms with Gasteiger partial charge in [-0.25, -0.2) is 4.39 Å². The highest BCUT2D eigenvalue weighted by Gasteiger charge is 2.21. The molecule has 28 heavy (non-hydrogen) atoms. The molecule has 1 saturated heterocycles. The van der Waals surface area contributed by atoms with E-state index in [1.54, 1.807) is 24.5 Å². The number of amides is 2. The molecule has 0 bridgehead atoms. The summed E-state index contributed by atoms with van der Waals surface area (Å²) in [6.07, 6.45) is 3.57. The Kier molecular flexibility index (Phi) is 7.39. The molecule has 0 radical (unpaired) electrons. The Bertz CT molecular complexity index is 798. The second kappa shape index (κ2) is 10.2. The van der Waals surface area contributed by atoms with Crippen LogP contribution < -0.4 is 5.32 Å². The molecule has 2 amide bonds. The molecule has 0 spiro atoms. The number of piperazine rings is 1. The molecule has 1 aromatic heterocycles. The molecule has 1 N–H and O–H groups in total. The highest BCUT2D eigenvalue weighted by Crippen LogP contribution is 2.14. The Morgan fingerprint density at radius 2 is 1.75 bits per heavy atom. The zero-order chi connectivity index (χ0) is 19.8. The number of hydrogen-bond acceptors (Lipinski definition) is 5. The summed E-state index contributed by atoms with van der Waals surface area (Å²) in [5.41, 5.74) is 1.37. The standard InChI is InChI=1S/C20H23FN4O2S/c21-17-3-1-2-4-18(17)23-19(26)14-28-15-20(27)25-11-9-24(10-12-25)13-16-5-7-22-8-6-16/h1-8H,9-15H2,(H,23,26). The van der Waals surface area contributed by atoms with E-state index in [2.05, 4.69) is 15.2 Å². The third-order valence-corrected chi connectivity index (χ3v) is 5.40. The van der Waals surface area contributed by atoms with Gasteiger partial charge in [0.05, 0.1) is 17.2 Å². The Balaban J connectivity index is 1.34. The molecular weight excluding hydrogens is 379 g/mol. The first-order valence-corrected chi connectivity index (χ1v) is 10.3. The van der Waals surface area contributed by atoms with E-state index in [9.17, 15) is 14.0 Å². The number of pyridine rings is 1. The Morgan fingerprint density at radius 1 is 1.04 bits per heavy atom. The smallest absolute Gasteiger partial charge is 0.234 e. The lowest BCUT2D eigenvalue weighted by atomic mass is 10.2. The van der Waals surface area contributed by atoms with Crippen molar-refractivity contribution in [2.45, 2.75) is 6.54 Å². The summed E-state index contributed by atoms with van der Waals surface area (Å²) in [5, 5.41) is 2.52. The lowest BCUT2D eigenvalue weighted by Crippen LogP contribution is -2.48. The molecule has 2 aromatic rings. The zero-order valence-electron chi connectivity index (χ0n) is 15.5. The third kappa shape index (κ3) is 6.03. The number of anilines is 1. The second-order valence-electron chi connectivity index (χ2n) is 6.53. The van der Waals surface area contributed by atoms with Gasteiger partial charge in [-0.05, 0) is 29.8 Å². The molecule has 1 aliphatic heterocycles. The van der Waals surface area contributed by atoms with Crippen LogP contribution in [0.15, 0.2) is 48.8 Å². The van der Waals surface area contributed by atoms with E-state index in [1.165, 1.54) is 29.5 Å². The van der Waals surface area contributed by atoms with Gasteiger partial charge in [-0.1, -0.05) is 12.1 Å². The fourth-order valence-electron chi connectivity index (χ4n) is 2.97. The molecule has 1 fully saturated rings. The van der Waals surface area contributed by atoms with Gasteiger partial charge >= 0.3 is 0 Å². The van der Waals surface area contributed by atoms with Gasteiger partial charge in [0.1, 0.15) is 5.82 Å². The largest absolute Gasteiger partial charge is 0.339 e. The number of hydrogen-bond donors (Lipinski definition) is 1. The molecule has 0 unspecified atom stereocenters. The van der Waals surface area contributed by atoms with E-state index in [0.717, 1.165) is 19.6 Å². The van der Waals surface area contributed by atoms with Gasteiger partial charge in [0.25, 0.3) is 0 Å². The first kappa shape index (κ1) is 20.3. The third-order valence-electron chi connectivity index (χ3n) is 4.49. The summed E-state index contributed by atoms with van der Waals surface area (Å²) < 4.78 is 13.5. The predicted octanol–water partition coefficient (Wildman–Crippen LogP) is 2.24. The molecular formula is C20H23FN4O2S. The van der Waals surface area contributed by atoms with Crippen LogP contribution >= 0.6 is 11.8 Å². The fraction of sp³-hybridized carbons (Fsp3) is 0.350. The van der Waals surface area contributed by atoms with Crippen molar-refractivity contribution >= 4 is 29.3 Å². The molecule has 8 heteroatoms. The van der Waals surface area contributed by atoms with Crippen molar-refractivity contribution in [3.63, 3.8) is 0 Å². The number of para-hydroxylation sites is 1. The average Bonchev–Trinajstić information content (AvgIpc) is 2.71. The van der Waals surface area contributed by atoms with Crippen LogP contribution in [0.2, 0.25) is 0 Å². The Hall–Kier alpha value is -2.45. The highest BCUT2D eigenvalue weighted by atomic mass is 32.2. The van der Waals surface area contributed by atoms with Crippen molar-refractivity contribution in [2.24, 2.45) is 0 Å². The van der Waals surface area contributed by atoms with Crippen molar-refractivity contribution in [2.75, 3.05) is 43.0 Å². The van der Waals surface area contributed by atoms with Gasteiger partial charge in [0.15, 0.2) is 0 Å². The SMILES string of the molecule is O=C(CSCC(=O)N1CCN(Cc2ccncc2)CC1)Nc1ccccc1F. The minimum atomic E-state index is -0.471. The molecule has 148 valence electrons. The summed E-state index contributed by atoms with van der Waals surface area (Å²) in [5.74, 6) is -0.393. The first-order chi connectivity index (χ1) is 13.6. The number of halogens is 1. The zero-order valence-corrected chi connectivity index (χ0v) is 16.3. The van der Waals surface area contributed by atoms with Crippen LogP contribution in [-0.2, 0) is 16.1 Å². The molecule has 6 nitrogen and oxygen atoms in total. The van der Waals surface area contributed by atoms with Crippen LogP contribution in [0.4, 0.5) is 10.1 Å². The minimum absolute atomic E-state index is 0.0345. The van der Waals surface area contributed by atoms with Crippen LogP contribution in [0.3, 0.4) is 0 Å². The number of carbonyl (C=O) groups is 2. The van der Waals surface area contributed by atoms with E-state index < -0.39 is 5.82 Å². The Morgan fingerprint density at radius 3 is 2.46 bits per heavy atom. The summed E-state index contributed by atoms with van der Waals surface area (Å²) in [6, 6.07) is 10.0. The van der Waals surface area contributed by atoms with Crippen LogP contribution in [0.25, 0.3) is 0 Å². The monoisotopic (exact) mass is 402 g/mol. The van der Waals surface area contributed by atoms with E-state index in [0.29, 0.717) is 13.1 Å². The first-order valence-electron chi connectivity index (χ1n) is 9.13. The number of nitrogens with one attached hydrogen (secondary N) is 1. The molecule has 1 aromatic carbocycles.